The number of hydrogen-bond donors (Lipinski definition) is 1. The zero-order valence-corrected chi connectivity index (χ0v) is 17.1. The molecule has 0 aliphatic heterocycles. The summed E-state index contributed by atoms with van der Waals surface area (Å²) in [6.07, 6.45) is 3.43. The summed E-state index contributed by atoms with van der Waals surface area (Å²) in [5, 5.41) is 3.27. The van der Waals surface area contributed by atoms with Crippen LogP contribution in [0.5, 0.6) is 5.75 Å². The van der Waals surface area contributed by atoms with Crippen LogP contribution in [0.4, 0.5) is 5.69 Å². The fourth-order valence-electron chi connectivity index (χ4n) is 3.06. The Hall–Kier alpha value is -3.51. The molecule has 1 aromatic heterocycles. The van der Waals surface area contributed by atoms with E-state index in [1.54, 1.807) is 30.0 Å². The van der Waals surface area contributed by atoms with E-state index < -0.39 is 0 Å². The van der Waals surface area contributed by atoms with Crippen molar-refractivity contribution in [3.8, 4) is 16.9 Å². The molecule has 0 unspecified atom stereocenters. The first kappa shape index (κ1) is 19.8. The van der Waals surface area contributed by atoms with Gasteiger partial charge in [-0.1, -0.05) is 36.4 Å². The number of carbonyl (C=O) groups is 1. The van der Waals surface area contributed by atoms with Crippen LogP contribution in [-0.2, 0) is 4.79 Å². The maximum Gasteiger partial charge on any atom is 0.262 e. The number of hydrogen-bond acceptors (Lipinski definition) is 5. The molecule has 0 aliphatic carbocycles. The smallest absolute Gasteiger partial charge is 0.262 e. The van der Waals surface area contributed by atoms with Crippen LogP contribution in [-0.4, -0.2) is 18.8 Å². The quantitative estimate of drug-likeness (QED) is 0.437. The number of amides is 1. The summed E-state index contributed by atoms with van der Waals surface area (Å²) in [7, 11) is 0. The van der Waals surface area contributed by atoms with E-state index in [1.807, 2.05) is 60.9 Å². The Labute approximate surface area is 177 Å². The standard InChI is InChI=1S/C24H19NO4S/c1-30-19-9-5-8-17(12-19)25-23(26)15-28-18-10-11-20-22(13-18)29-14-21(24(20)27)16-6-3-2-4-7-16/h2-14H,15H2,1H3,(H,25,26). The molecule has 30 heavy (non-hydrogen) atoms. The summed E-state index contributed by atoms with van der Waals surface area (Å²) in [4.78, 5) is 26.0. The molecule has 0 atom stereocenters. The normalized spacial score (nSPS) is 10.7. The summed E-state index contributed by atoms with van der Waals surface area (Å²) in [6.45, 7) is -0.151. The largest absolute Gasteiger partial charge is 0.484 e. The molecular formula is C24H19NO4S. The van der Waals surface area contributed by atoms with Crippen molar-refractivity contribution >= 4 is 34.3 Å². The molecule has 4 aromatic rings. The maximum absolute atomic E-state index is 12.8. The number of anilines is 1. The van der Waals surface area contributed by atoms with Crippen LogP contribution in [0.15, 0.2) is 93.2 Å². The molecule has 1 amide bonds. The predicted octanol–water partition coefficient (Wildman–Crippen LogP) is 5.20. The molecule has 6 heteroatoms. The highest BCUT2D eigenvalue weighted by atomic mass is 32.2. The monoisotopic (exact) mass is 417 g/mol. The zero-order chi connectivity index (χ0) is 20.9. The van der Waals surface area contributed by atoms with Gasteiger partial charge >= 0.3 is 0 Å². The van der Waals surface area contributed by atoms with Crippen LogP contribution >= 0.6 is 11.8 Å². The average Bonchev–Trinajstić information content (AvgIpc) is 2.78. The number of carbonyl (C=O) groups excluding carboxylic acids is 1. The minimum absolute atomic E-state index is 0.111. The third kappa shape index (κ3) is 4.39. The van der Waals surface area contributed by atoms with Crippen molar-refractivity contribution in [1.82, 2.24) is 0 Å². The number of thioether (sulfide) groups is 1. The van der Waals surface area contributed by atoms with Gasteiger partial charge in [-0.3, -0.25) is 9.59 Å². The molecule has 5 nitrogen and oxygen atoms in total. The summed E-state index contributed by atoms with van der Waals surface area (Å²) in [6, 6.07) is 21.9. The van der Waals surface area contributed by atoms with Crippen LogP contribution in [0.25, 0.3) is 22.1 Å². The van der Waals surface area contributed by atoms with Crippen molar-refractivity contribution in [2.45, 2.75) is 4.90 Å². The van der Waals surface area contributed by atoms with E-state index >= 15 is 0 Å². The van der Waals surface area contributed by atoms with E-state index in [0.717, 1.165) is 10.5 Å². The van der Waals surface area contributed by atoms with E-state index in [1.165, 1.54) is 6.26 Å². The van der Waals surface area contributed by atoms with Gasteiger partial charge in [0.2, 0.25) is 0 Å². The van der Waals surface area contributed by atoms with E-state index in [0.29, 0.717) is 28.0 Å². The van der Waals surface area contributed by atoms with Gasteiger partial charge in [0, 0.05) is 16.6 Å². The molecule has 0 saturated heterocycles. The molecule has 0 fully saturated rings. The first-order chi connectivity index (χ1) is 14.6. The maximum atomic E-state index is 12.8. The second kappa shape index (κ2) is 8.88. The average molecular weight is 417 g/mol. The Balaban J connectivity index is 1.47. The van der Waals surface area contributed by atoms with Gasteiger partial charge in [0.25, 0.3) is 5.91 Å². The van der Waals surface area contributed by atoms with Crippen LogP contribution in [0, 0.1) is 0 Å². The van der Waals surface area contributed by atoms with Gasteiger partial charge in [0.15, 0.2) is 12.0 Å². The fourth-order valence-corrected chi connectivity index (χ4v) is 3.52. The van der Waals surface area contributed by atoms with Crippen molar-refractivity contribution in [2.75, 3.05) is 18.2 Å². The molecule has 0 aliphatic rings. The predicted molar refractivity (Wildman–Crippen MR) is 120 cm³/mol. The summed E-state index contributed by atoms with van der Waals surface area (Å²) in [5.41, 5.74) is 2.32. The number of nitrogens with one attached hydrogen (secondary N) is 1. The minimum atomic E-state index is -0.269. The first-order valence-corrected chi connectivity index (χ1v) is 10.5. The van der Waals surface area contributed by atoms with Crippen molar-refractivity contribution in [2.24, 2.45) is 0 Å². The summed E-state index contributed by atoms with van der Waals surface area (Å²) < 4.78 is 11.2. The highest BCUT2D eigenvalue weighted by Gasteiger charge is 2.11. The molecule has 1 heterocycles. The molecule has 0 radical (unpaired) electrons. The molecule has 1 N–H and O–H groups in total. The third-order valence-electron chi connectivity index (χ3n) is 4.55. The number of fused-ring (bicyclic) bond motifs is 1. The van der Waals surface area contributed by atoms with Gasteiger partial charge < -0.3 is 14.5 Å². The molecule has 3 aromatic carbocycles. The van der Waals surface area contributed by atoms with E-state index in [2.05, 4.69) is 5.32 Å². The SMILES string of the molecule is CSc1cccc(NC(=O)COc2ccc3c(=O)c(-c4ccccc4)coc3c2)c1. The van der Waals surface area contributed by atoms with Gasteiger partial charge in [-0.25, -0.2) is 0 Å². The van der Waals surface area contributed by atoms with Crippen molar-refractivity contribution < 1.29 is 13.9 Å². The molecule has 0 saturated carbocycles. The number of rotatable bonds is 6. The van der Waals surface area contributed by atoms with Crippen LogP contribution in [0.1, 0.15) is 0 Å². The lowest BCUT2D eigenvalue weighted by molar-refractivity contribution is -0.118. The van der Waals surface area contributed by atoms with Gasteiger partial charge in [0.05, 0.1) is 10.9 Å². The molecular weight excluding hydrogens is 398 g/mol. The lowest BCUT2D eigenvalue weighted by atomic mass is 10.1. The Kier molecular flexibility index (Phi) is 5.86. The first-order valence-electron chi connectivity index (χ1n) is 9.32. The summed E-state index contributed by atoms with van der Waals surface area (Å²) >= 11 is 1.60. The molecule has 0 bridgehead atoms. The zero-order valence-electron chi connectivity index (χ0n) is 16.3. The van der Waals surface area contributed by atoms with Crippen molar-refractivity contribution in [1.29, 1.82) is 0 Å². The highest BCUT2D eigenvalue weighted by Crippen LogP contribution is 2.23. The second-order valence-corrected chi connectivity index (χ2v) is 7.45. The Morgan fingerprint density at radius 1 is 1.03 bits per heavy atom. The number of ether oxygens (including phenoxy) is 1. The highest BCUT2D eigenvalue weighted by molar-refractivity contribution is 7.98. The fraction of sp³-hybridized carbons (Fsp3) is 0.0833. The van der Waals surface area contributed by atoms with Crippen molar-refractivity contribution in [3.05, 3.63) is 89.3 Å². The van der Waals surface area contributed by atoms with Gasteiger partial charge in [-0.15, -0.1) is 11.8 Å². The Bertz CT molecular complexity index is 1250. The van der Waals surface area contributed by atoms with E-state index in [-0.39, 0.29) is 17.9 Å². The third-order valence-corrected chi connectivity index (χ3v) is 5.28. The Morgan fingerprint density at radius 2 is 1.87 bits per heavy atom. The van der Waals surface area contributed by atoms with Gasteiger partial charge in [-0.05, 0) is 42.2 Å². The van der Waals surface area contributed by atoms with Crippen LogP contribution < -0.4 is 15.5 Å². The van der Waals surface area contributed by atoms with Crippen LogP contribution in [0.3, 0.4) is 0 Å². The van der Waals surface area contributed by atoms with E-state index in [4.69, 9.17) is 9.15 Å². The molecule has 0 spiro atoms. The number of benzene rings is 3. The lowest BCUT2D eigenvalue weighted by Crippen LogP contribution is -2.20. The van der Waals surface area contributed by atoms with Gasteiger partial charge in [-0.2, -0.15) is 0 Å². The van der Waals surface area contributed by atoms with Crippen molar-refractivity contribution in [3.63, 3.8) is 0 Å². The minimum Gasteiger partial charge on any atom is -0.484 e. The molecule has 4 rings (SSSR count). The van der Waals surface area contributed by atoms with Crippen LogP contribution in [0.2, 0.25) is 0 Å². The summed E-state index contributed by atoms with van der Waals surface area (Å²) in [5.74, 6) is 0.181. The van der Waals surface area contributed by atoms with Gasteiger partial charge in [0.1, 0.15) is 17.6 Å². The topological polar surface area (TPSA) is 68.5 Å². The lowest BCUT2D eigenvalue weighted by Gasteiger charge is -2.09. The Morgan fingerprint density at radius 3 is 2.67 bits per heavy atom. The second-order valence-electron chi connectivity index (χ2n) is 6.57. The molecule has 150 valence electrons. The van der Waals surface area contributed by atoms with E-state index in [9.17, 15) is 9.59 Å².